The van der Waals surface area contributed by atoms with E-state index in [1.54, 1.807) is 7.11 Å². The van der Waals surface area contributed by atoms with Crippen molar-refractivity contribution in [2.45, 2.75) is 64.0 Å². The van der Waals surface area contributed by atoms with Crippen LogP contribution in [0.5, 0.6) is 0 Å². The maximum absolute atomic E-state index is 5.32. The first-order valence-corrected chi connectivity index (χ1v) is 9.25. The van der Waals surface area contributed by atoms with E-state index >= 15 is 0 Å². The lowest BCUT2D eigenvalue weighted by molar-refractivity contribution is 0.138. The van der Waals surface area contributed by atoms with Gasteiger partial charge in [0.25, 0.3) is 0 Å². The lowest BCUT2D eigenvalue weighted by Crippen LogP contribution is -2.47. The summed E-state index contributed by atoms with van der Waals surface area (Å²) in [6, 6.07) is 1.34. The van der Waals surface area contributed by atoms with Crippen LogP contribution in [0.2, 0.25) is 0 Å². The largest absolute Gasteiger partial charge is 0.385 e. The van der Waals surface area contributed by atoms with Gasteiger partial charge in [-0.2, -0.15) is 0 Å². The van der Waals surface area contributed by atoms with Crippen molar-refractivity contribution in [1.82, 2.24) is 15.5 Å². The molecular weight excluding hydrogens is 288 g/mol. The standard InChI is InChI=1S/C18H36N4O/c1-15(22(3)16-7-8-16)13-20-17(19-2)21-14-18(11-12-23-4)9-5-6-10-18/h15-16H,5-14H2,1-4H3,(H2,19,20,21). The third-order valence-corrected chi connectivity index (χ3v) is 5.74. The van der Waals surface area contributed by atoms with E-state index in [1.807, 2.05) is 7.05 Å². The molecule has 0 saturated heterocycles. The predicted molar refractivity (Wildman–Crippen MR) is 97.0 cm³/mol. The van der Waals surface area contributed by atoms with E-state index in [4.69, 9.17) is 4.74 Å². The molecule has 2 aliphatic carbocycles. The molecule has 0 bridgehead atoms. The Labute approximate surface area is 142 Å². The van der Waals surface area contributed by atoms with Gasteiger partial charge in [0.05, 0.1) is 0 Å². The Morgan fingerprint density at radius 2 is 2.00 bits per heavy atom. The van der Waals surface area contributed by atoms with Crippen LogP contribution >= 0.6 is 0 Å². The van der Waals surface area contributed by atoms with Crippen molar-refractivity contribution in [3.63, 3.8) is 0 Å². The van der Waals surface area contributed by atoms with Gasteiger partial charge in [-0.25, -0.2) is 0 Å². The summed E-state index contributed by atoms with van der Waals surface area (Å²) < 4.78 is 5.32. The van der Waals surface area contributed by atoms with Crippen LogP contribution in [0.15, 0.2) is 4.99 Å². The predicted octanol–water partition coefficient (Wildman–Crippen LogP) is 2.23. The van der Waals surface area contributed by atoms with E-state index in [0.29, 0.717) is 11.5 Å². The van der Waals surface area contributed by atoms with Gasteiger partial charge in [0, 0.05) is 45.9 Å². The van der Waals surface area contributed by atoms with Crippen LogP contribution in [0.4, 0.5) is 0 Å². The molecule has 2 fully saturated rings. The second-order valence-corrected chi connectivity index (χ2v) is 7.50. The van der Waals surface area contributed by atoms with E-state index in [9.17, 15) is 0 Å². The fourth-order valence-electron chi connectivity index (χ4n) is 3.68. The van der Waals surface area contributed by atoms with Crippen LogP contribution in [-0.2, 0) is 4.74 Å². The number of rotatable bonds is 9. The highest BCUT2D eigenvalue weighted by Crippen LogP contribution is 2.40. The summed E-state index contributed by atoms with van der Waals surface area (Å²) in [5.41, 5.74) is 0.393. The SMILES string of the molecule is CN=C(NCC(C)N(C)C1CC1)NCC1(CCOC)CCCC1. The number of aliphatic imine (C=N–C) groups is 1. The highest BCUT2D eigenvalue weighted by Gasteiger charge is 2.33. The number of nitrogens with one attached hydrogen (secondary N) is 2. The number of likely N-dealkylation sites (N-methyl/N-ethyl adjacent to an activating group) is 1. The normalized spacial score (nSPS) is 22.4. The molecule has 0 aromatic carbocycles. The third kappa shape index (κ3) is 5.64. The van der Waals surface area contributed by atoms with Crippen molar-refractivity contribution >= 4 is 5.96 Å². The Kier molecular flexibility index (Phi) is 7.15. The molecule has 0 radical (unpaired) electrons. The van der Waals surface area contributed by atoms with E-state index in [1.165, 1.54) is 38.5 Å². The smallest absolute Gasteiger partial charge is 0.191 e. The Bertz CT molecular complexity index is 375. The van der Waals surface area contributed by atoms with Gasteiger partial charge < -0.3 is 15.4 Å². The second-order valence-electron chi connectivity index (χ2n) is 7.50. The van der Waals surface area contributed by atoms with Crippen LogP contribution in [0.3, 0.4) is 0 Å². The fourth-order valence-corrected chi connectivity index (χ4v) is 3.68. The maximum atomic E-state index is 5.32. The van der Waals surface area contributed by atoms with E-state index in [2.05, 4.69) is 34.5 Å². The van der Waals surface area contributed by atoms with E-state index < -0.39 is 0 Å². The number of guanidine groups is 1. The van der Waals surface area contributed by atoms with Crippen molar-refractivity contribution in [2.75, 3.05) is 40.9 Å². The third-order valence-electron chi connectivity index (χ3n) is 5.74. The molecule has 1 atom stereocenters. The Morgan fingerprint density at radius 1 is 1.30 bits per heavy atom. The molecule has 1 unspecified atom stereocenters. The molecule has 0 aliphatic heterocycles. The van der Waals surface area contributed by atoms with Crippen molar-refractivity contribution in [3.05, 3.63) is 0 Å². The topological polar surface area (TPSA) is 48.9 Å². The lowest BCUT2D eigenvalue weighted by Gasteiger charge is -2.30. The Balaban J connectivity index is 1.74. The number of ether oxygens (including phenoxy) is 1. The van der Waals surface area contributed by atoms with Gasteiger partial charge in [-0.1, -0.05) is 12.8 Å². The maximum Gasteiger partial charge on any atom is 0.191 e. The first-order valence-electron chi connectivity index (χ1n) is 9.25. The minimum atomic E-state index is 0.393. The zero-order chi connectivity index (χ0) is 16.7. The van der Waals surface area contributed by atoms with Crippen molar-refractivity contribution in [3.8, 4) is 0 Å². The molecule has 5 heteroatoms. The first-order chi connectivity index (χ1) is 11.1. The average Bonchev–Trinajstić information content (AvgIpc) is 3.32. The molecule has 0 aromatic heterocycles. The summed E-state index contributed by atoms with van der Waals surface area (Å²) in [5, 5.41) is 7.06. The Hall–Kier alpha value is -0.810. The minimum absolute atomic E-state index is 0.393. The number of methoxy groups -OCH3 is 1. The fraction of sp³-hybridized carbons (Fsp3) is 0.944. The van der Waals surface area contributed by atoms with E-state index in [-0.39, 0.29) is 0 Å². The molecule has 134 valence electrons. The van der Waals surface area contributed by atoms with Crippen LogP contribution in [0, 0.1) is 5.41 Å². The zero-order valence-corrected chi connectivity index (χ0v) is 15.5. The summed E-state index contributed by atoms with van der Waals surface area (Å²) >= 11 is 0. The average molecular weight is 325 g/mol. The van der Waals surface area contributed by atoms with Gasteiger partial charge in [0.15, 0.2) is 5.96 Å². The second kappa shape index (κ2) is 8.88. The molecule has 2 N–H and O–H groups in total. The van der Waals surface area contributed by atoms with Crippen LogP contribution in [0.25, 0.3) is 0 Å². The monoisotopic (exact) mass is 324 g/mol. The molecule has 5 nitrogen and oxygen atoms in total. The van der Waals surface area contributed by atoms with Gasteiger partial charge in [0.2, 0.25) is 0 Å². The van der Waals surface area contributed by atoms with E-state index in [0.717, 1.165) is 38.1 Å². The van der Waals surface area contributed by atoms with Crippen molar-refractivity contribution in [2.24, 2.45) is 10.4 Å². The summed E-state index contributed by atoms with van der Waals surface area (Å²) in [4.78, 5) is 6.88. The molecule has 2 rings (SSSR count). The van der Waals surface area contributed by atoms with Gasteiger partial charge in [0.1, 0.15) is 0 Å². The molecule has 0 amide bonds. The summed E-state index contributed by atoms with van der Waals surface area (Å²) in [6.07, 6.45) is 9.17. The minimum Gasteiger partial charge on any atom is -0.385 e. The van der Waals surface area contributed by atoms with Crippen molar-refractivity contribution in [1.29, 1.82) is 0 Å². The molecule has 0 heterocycles. The summed E-state index contributed by atoms with van der Waals surface area (Å²) in [5.74, 6) is 0.935. The summed E-state index contributed by atoms with van der Waals surface area (Å²) in [7, 11) is 5.90. The molecule has 0 spiro atoms. The summed E-state index contributed by atoms with van der Waals surface area (Å²) in [6.45, 7) is 5.09. The quantitative estimate of drug-likeness (QED) is 0.504. The Morgan fingerprint density at radius 3 is 2.57 bits per heavy atom. The molecule has 2 aliphatic rings. The molecule has 23 heavy (non-hydrogen) atoms. The van der Waals surface area contributed by atoms with Crippen LogP contribution in [-0.4, -0.2) is 63.8 Å². The van der Waals surface area contributed by atoms with Gasteiger partial charge in [-0.3, -0.25) is 9.89 Å². The first kappa shape index (κ1) is 18.5. The molecule has 0 aromatic rings. The number of hydrogen-bond acceptors (Lipinski definition) is 3. The molecule has 2 saturated carbocycles. The number of nitrogens with zero attached hydrogens (tertiary/aromatic N) is 2. The van der Waals surface area contributed by atoms with Crippen LogP contribution < -0.4 is 10.6 Å². The zero-order valence-electron chi connectivity index (χ0n) is 15.5. The van der Waals surface area contributed by atoms with Gasteiger partial charge in [-0.15, -0.1) is 0 Å². The van der Waals surface area contributed by atoms with Gasteiger partial charge >= 0.3 is 0 Å². The van der Waals surface area contributed by atoms with Crippen molar-refractivity contribution < 1.29 is 4.74 Å². The number of hydrogen-bond donors (Lipinski definition) is 2. The highest BCUT2D eigenvalue weighted by molar-refractivity contribution is 5.79. The molecular formula is C18H36N4O. The van der Waals surface area contributed by atoms with Gasteiger partial charge in [-0.05, 0) is 51.5 Å². The lowest BCUT2D eigenvalue weighted by atomic mass is 9.83. The van der Waals surface area contributed by atoms with Crippen LogP contribution in [0.1, 0.15) is 51.9 Å². The highest BCUT2D eigenvalue weighted by atomic mass is 16.5.